The Labute approximate surface area is 56.6 Å². The first kappa shape index (κ1) is 10.4. The Kier molecular flexibility index (Phi) is 9.56. The largest absolute Gasteiger partial charge is 0.327 e. The van der Waals surface area contributed by atoms with Gasteiger partial charge in [0.25, 0.3) is 0 Å². The van der Waals surface area contributed by atoms with Gasteiger partial charge in [-0.1, -0.05) is 6.08 Å². The average molecular weight is 154 g/mol. The first-order chi connectivity index (χ1) is 2.77. The van der Waals surface area contributed by atoms with Crippen LogP contribution in [0.4, 0.5) is 0 Å². The van der Waals surface area contributed by atoms with Crippen LogP contribution in [0.5, 0.6) is 0 Å². The van der Waals surface area contributed by atoms with Crippen LogP contribution < -0.4 is 5.73 Å². The summed E-state index contributed by atoms with van der Waals surface area (Å²) in [5.74, 6) is 0. The van der Waals surface area contributed by atoms with Gasteiger partial charge in [0.05, 0.1) is 0 Å². The van der Waals surface area contributed by atoms with Gasteiger partial charge in [-0.25, -0.2) is 0 Å². The van der Waals surface area contributed by atoms with Crippen molar-refractivity contribution in [3.63, 3.8) is 0 Å². The highest BCUT2D eigenvalue weighted by molar-refractivity contribution is 6.48. The molecule has 0 bridgehead atoms. The van der Waals surface area contributed by atoms with Crippen LogP contribution in [0.1, 0.15) is 0 Å². The van der Waals surface area contributed by atoms with Gasteiger partial charge in [-0.05, 0) is 0 Å². The molecule has 7 heavy (non-hydrogen) atoms. The molecule has 0 saturated heterocycles. The van der Waals surface area contributed by atoms with Crippen LogP contribution in [0.3, 0.4) is 0 Å². The highest BCUT2D eigenvalue weighted by Gasteiger charge is 1.67. The van der Waals surface area contributed by atoms with Gasteiger partial charge >= 0.3 is 0 Å². The number of halogens is 1. The predicted octanol–water partition coefficient (Wildman–Crippen LogP) is -2.06. The van der Waals surface area contributed by atoms with E-state index in [1.165, 1.54) is 20.5 Å². The molecule has 1 nitrogen and oxygen atoms in total. The lowest BCUT2D eigenvalue weighted by molar-refractivity contribution is 1.26. The number of rotatable bonds is 1. The van der Waals surface area contributed by atoms with E-state index in [0.29, 0.717) is 0 Å². The maximum Gasteiger partial charge on any atom is 0.0268 e. The molecule has 0 aliphatic heterocycles. The number of hydrogen-bond donors (Lipinski definition) is 1. The van der Waals surface area contributed by atoms with Crippen molar-refractivity contribution in [3.05, 3.63) is 10.9 Å². The van der Waals surface area contributed by atoms with E-state index in [2.05, 4.69) is 6.08 Å². The molecule has 0 rings (SSSR count). The van der Waals surface area contributed by atoms with E-state index in [0.717, 1.165) is 6.54 Å². The van der Waals surface area contributed by atoms with Crippen LogP contribution in [0.15, 0.2) is 10.9 Å². The second-order valence-corrected chi connectivity index (χ2v) is 6.67. The topological polar surface area (TPSA) is 26.0 Å². The van der Waals surface area contributed by atoms with E-state index in [1.807, 2.05) is 0 Å². The van der Waals surface area contributed by atoms with Crippen molar-refractivity contribution in [1.82, 2.24) is 0 Å². The van der Waals surface area contributed by atoms with E-state index >= 15 is 0 Å². The molecule has 0 heterocycles. The summed E-state index contributed by atoms with van der Waals surface area (Å²) in [4.78, 5) is 1.57. The molecule has 0 aliphatic carbocycles. The second-order valence-electron chi connectivity index (χ2n) is 1.52. The third-order valence-electron chi connectivity index (χ3n) is 0.526. The molecule has 0 radical (unpaired) electrons. The van der Waals surface area contributed by atoms with Crippen molar-refractivity contribution in [2.45, 2.75) is 0 Å². The van der Waals surface area contributed by atoms with Crippen molar-refractivity contribution < 1.29 is 0 Å². The van der Waals surface area contributed by atoms with Crippen molar-refractivity contribution in [3.8, 4) is 0 Å². The zero-order chi connectivity index (χ0) is 4.99. The van der Waals surface area contributed by atoms with Gasteiger partial charge in [-0.15, -0.1) is 17.2 Å². The molecule has 0 aromatic heterocycles. The standard InChI is InChI=1S/C3H11NSi2.ClH/c4-2-1-3(5)6;/h1H,2,4H2,5-6H3;1H. The third-order valence-corrected chi connectivity index (χ3v) is 1.34. The molecule has 0 aromatic rings. The minimum absolute atomic E-state index is 0. The Hall–Kier alpha value is 0.424. The lowest BCUT2D eigenvalue weighted by atomic mass is 10.7. The summed E-state index contributed by atoms with van der Waals surface area (Å²) in [5, 5.41) is 0. The lowest BCUT2D eigenvalue weighted by Crippen LogP contribution is -1.95. The predicted molar refractivity (Wildman–Crippen MR) is 44.3 cm³/mol. The number of hydrogen-bond acceptors (Lipinski definition) is 1. The van der Waals surface area contributed by atoms with E-state index < -0.39 is 0 Å². The Bertz CT molecular complexity index is 60.0. The highest BCUT2D eigenvalue weighted by atomic mass is 35.5. The highest BCUT2D eigenvalue weighted by Crippen LogP contribution is 1.69. The summed E-state index contributed by atoms with van der Waals surface area (Å²) < 4.78 is 0. The zero-order valence-corrected chi connectivity index (χ0v) is 9.59. The lowest BCUT2D eigenvalue weighted by Gasteiger charge is -1.80. The second kappa shape index (κ2) is 6.42. The van der Waals surface area contributed by atoms with E-state index in [9.17, 15) is 0 Å². The maximum atomic E-state index is 5.20. The van der Waals surface area contributed by atoms with Crippen LogP contribution in [-0.2, 0) is 0 Å². The van der Waals surface area contributed by atoms with Crippen molar-refractivity contribution in [1.29, 1.82) is 0 Å². The minimum atomic E-state index is 0. The van der Waals surface area contributed by atoms with Gasteiger partial charge in [0.1, 0.15) is 0 Å². The molecular formula is C3H12ClNSi2. The summed E-state index contributed by atoms with van der Waals surface area (Å²) >= 11 is 0. The van der Waals surface area contributed by atoms with E-state index in [1.54, 1.807) is 4.82 Å². The van der Waals surface area contributed by atoms with Crippen LogP contribution in [-0.4, -0.2) is 27.0 Å². The summed E-state index contributed by atoms with van der Waals surface area (Å²) in [6.45, 7) is 0.738. The first-order valence-corrected chi connectivity index (χ1v) is 4.11. The summed E-state index contributed by atoms with van der Waals surface area (Å²) in [5.41, 5.74) is 5.20. The zero-order valence-electron chi connectivity index (χ0n) is 4.77. The van der Waals surface area contributed by atoms with E-state index in [4.69, 9.17) is 5.73 Å². The van der Waals surface area contributed by atoms with Gasteiger partial charge in [-0.3, -0.25) is 0 Å². The Morgan fingerprint density at radius 3 is 2.00 bits per heavy atom. The average Bonchev–Trinajstić information content (AvgIpc) is 1.35. The minimum Gasteiger partial charge on any atom is -0.327 e. The SMILES string of the molecule is Cl.NCC=C([SiH3])[SiH3]. The van der Waals surface area contributed by atoms with Gasteiger partial charge in [0.15, 0.2) is 0 Å². The van der Waals surface area contributed by atoms with Crippen LogP contribution in [0, 0.1) is 0 Å². The van der Waals surface area contributed by atoms with E-state index in [-0.39, 0.29) is 12.4 Å². The Balaban J connectivity index is 0. The summed E-state index contributed by atoms with van der Waals surface area (Å²) in [6.07, 6.45) is 2.11. The van der Waals surface area contributed by atoms with Crippen LogP contribution in [0.25, 0.3) is 0 Å². The van der Waals surface area contributed by atoms with Crippen LogP contribution in [0.2, 0.25) is 0 Å². The maximum absolute atomic E-state index is 5.20. The molecular weight excluding hydrogens is 142 g/mol. The number of nitrogens with two attached hydrogens (primary N) is 1. The van der Waals surface area contributed by atoms with Crippen LogP contribution >= 0.6 is 12.4 Å². The van der Waals surface area contributed by atoms with Gasteiger partial charge < -0.3 is 5.73 Å². The normalized spacial score (nSPS) is 7.57. The quantitative estimate of drug-likeness (QED) is 0.431. The molecule has 2 N–H and O–H groups in total. The summed E-state index contributed by atoms with van der Waals surface area (Å²) in [6, 6.07) is 0. The molecule has 0 atom stereocenters. The van der Waals surface area contributed by atoms with Gasteiger partial charge in [-0.2, -0.15) is 0 Å². The monoisotopic (exact) mass is 153 g/mol. The molecule has 44 valence electrons. The summed E-state index contributed by atoms with van der Waals surface area (Å²) in [7, 11) is 2.44. The first-order valence-electron chi connectivity index (χ1n) is 2.11. The molecule has 0 amide bonds. The molecule has 0 aliphatic rings. The van der Waals surface area contributed by atoms with Gasteiger partial charge in [0, 0.05) is 27.0 Å². The van der Waals surface area contributed by atoms with Crippen molar-refractivity contribution >= 4 is 32.9 Å². The third kappa shape index (κ3) is 10.7. The molecule has 0 saturated carbocycles. The van der Waals surface area contributed by atoms with Crippen molar-refractivity contribution in [2.24, 2.45) is 5.73 Å². The molecule has 0 aromatic carbocycles. The Morgan fingerprint density at radius 1 is 1.57 bits per heavy atom. The van der Waals surface area contributed by atoms with Gasteiger partial charge in [0.2, 0.25) is 0 Å². The molecule has 0 fully saturated rings. The molecule has 0 unspecified atom stereocenters. The smallest absolute Gasteiger partial charge is 0.0268 e. The fraction of sp³-hybridized carbons (Fsp3) is 0.333. The van der Waals surface area contributed by atoms with Crippen molar-refractivity contribution in [2.75, 3.05) is 6.54 Å². The molecule has 0 spiro atoms. The fourth-order valence-corrected chi connectivity index (χ4v) is 0.707. The Morgan fingerprint density at radius 2 is 2.00 bits per heavy atom. The molecule has 4 heteroatoms. The fourth-order valence-electron chi connectivity index (χ4n) is 0.236.